The topological polar surface area (TPSA) is 17.1 Å². The van der Waals surface area contributed by atoms with Crippen molar-refractivity contribution in [3.05, 3.63) is 35.9 Å². The van der Waals surface area contributed by atoms with Crippen molar-refractivity contribution in [1.29, 1.82) is 0 Å². The average molecular weight is 292 g/mol. The van der Waals surface area contributed by atoms with Crippen LogP contribution in [0.2, 0.25) is 0 Å². The lowest BCUT2D eigenvalue weighted by Gasteiger charge is -2.10. The standard InChI is InChI=1S/C9H8Br2O/c10-8(6-12)9(11)7-4-2-1-3-5-7/h1-6,8-9H. The third kappa shape index (κ3) is 2.42. The molecule has 0 amide bonds. The van der Waals surface area contributed by atoms with Gasteiger partial charge in [0.1, 0.15) is 6.29 Å². The number of carbonyl (C=O) groups excluding carboxylic acids is 1. The van der Waals surface area contributed by atoms with Crippen molar-refractivity contribution in [3.8, 4) is 0 Å². The van der Waals surface area contributed by atoms with Gasteiger partial charge in [-0.3, -0.25) is 0 Å². The molecular formula is C9H8Br2O. The van der Waals surface area contributed by atoms with Gasteiger partial charge in [0.15, 0.2) is 0 Å². The van der Waals surface area contributed by atoms with E-state index in [2.05, 4.69) is 31.9 Å². The van der Waals surface area contributed by atoms with Gasteiger partial charge < -0.3 is 4.79 Å². The number of aldehydes is 1. The molecule has 0 saturated heterocycles. The van der Waals surface area contributed by atoms with Gasteiger partial charge in [0.05, 0.1) is 9.65 Å². The van der Waals surface area contributed by atoms with Gasteiger partial charge in [-0.2, -0.15) is 0 Å². The molecule has 0 heterocycles. The quantitative estimate of drug-likeness (QED) is 0.618. The minimum atomic E-state index is -0.167. The first-order chi connectivity index (χ1) is 5.75. The van der Waals surface area contributed by atoms with Crippen molar-refractivity contribution in [1.82, 2.24) is 0 Å². The van der Waals surface area contributed by atoms with E-state index in [1.807, 2.05) is 30.3 Å². The maximum Gasteiger partial charge on any atom is 0.135 e. The molecule has 2 unspecified atom stereocenters. The van der Waals surface area contributed by atoms with E-state index in [0.29, 0.717) is 0 Å². The second-order valence-corrected chi connectivity index (χ2v) is 4.44. The summed E-state index contributed by atoms with van der Waals surface area (Å²) in [6, 6.07) is 9.82. The first kappa shape index (κ1) is 9.93. The van der Waals surface area contributed by atoms with E-state index in [1.54, 1.807) is 0 Å². The normalized spacial score (nSPS) is 15.2. The summed E-state index contributed by atoms with van der Waals surface area (Å²) in [6.07, 6.45) is 0.881. The number of halogens is 2. The summed E-state index contributed by atoms with van der Waals surface area (Å²) in [5, 5.41) is 0. The molecule has 0 fully saturated rings. The first-order valence-electron chi connectivity index (χ1n) is 3.54. The first-order valence-corrected chi connectivity index (χ1v) is 5.37. The number of benzene rings is 1. The van der Waals surface area contributed by atoms with Gasteiger partial charge >= 0.3 is 0 Å². The van der Waals surface area contributed by atoms with Crippen LogP contribution in [0.5, 0.6) is 0 Å². The lowest BCUT2D eigenvalue weighted by atomic mass is 10.1. The SMILES string of the molecule is O=CC(Br)C(Br)c1ccccc1. The molecule has 0 aliphatic heterocycles. The van der Waals surface area contributed by atoms with Crippen LogP contribution in [0.3, 0.4) is 0 Å². The van der Waals surface area contributed by atoms with Crippen molar-refractivity contribution in [2.75, 3.05) is 0 Å². The number of alkyl halides is 2. The third-order valence-electron chi connectivity index (χ3n) is 1.53. The Morgan fingerprint density at radius 3 is 2.25 bits per heavy atom. The Labute approximate surface area is 88.4 Å². The molecule has 0 aliphatic carbocycles. The highest BCUT2D eigenvalue weighted by atomic mass is 79.9. The van der Waals surface area contributed by atoms with E-state index >= 15 is 0 Å². The monoisotopic (exact) mass is 290 g/mol. The summed E-state index contributed by atoms with van der Waals surface area (Å²) in [4.78, 5) is 10.3. The molecule has 1 aromatic carbocycles. The summed E-state index contributed by atoms with van der Waals surface area (Å²) < 4.78 is 0. The van der Waals surface area contributed by atoms with E-state index in [9.17, 15) is 4.79 Å². The Hall–Kier alpha value is -0.150. The van der Waals surface area contributed by atoms with E-state index in [4.69, 9.17) is 0 Å². The smallest absolute Gasteiger partial charge is 0.135 e. The molecule has 0 aliphatic rings. The number of carbonyl (C=O) groups is 1. The predicted molar refractivity (Wildman–Crippen MR) is 56.9 cm³/mol. The fourth-order valence-corrected chi connectivity index (χ4v) is 1.62. The van der Waals surface area contributed by atoms with E-state index < -0.39 is 0 Å². The fraction of sp³-hybridized carbons (Fsp3) is 0.222. The summed E-state index contributed by atoms with van der Waals surface area (Å²) in [5.41, 5.74) is 1.10. The van der Waals surface area contributed by atoms with E-state index in [-0.39, 0.29) is 9.65 Å². The molecule has 0 bridgehead atoms. The van der Waals surface area contributed by atoms with Crippen molar-refractivity contribution in [2.45, 2.75) is 9.65 Å². The molecule has 0 saturated carbocycles. The summed E-state index contributed by atoms with van der Waals surface area (Å²) >= 11 is 6.70. The Balaban J connectivity index is 2.78. The number of hydrogen-bond acceptors (Lipinski definition) is 1. The molecule has 2 atom stereocenters. The molecule has 0 N–H and O–H groups in total. The lowest BCUT2D eigenvalue weighted by molar-refractivity contribution is -0.107. The van der Waals surface area contributed by atoms with Gasteiger partial charge in [-0.1, -0.05) is 62.2 Å². The number of rotatable bonds is 3. The van der Waals surface area contributed by atoms with Crippen LogP contribution in [-0.2, 0) is 4.79 Å². The van der Waals surface area contributed by atoms with Gasteiger partial charge in [0, 0.05) is 0 Å². The summed E-state index contributed by atoms with van der Waals surface area (Å²) in [7, 11) is 0. The van der Waals surface area contributed by atoms with Crippen LogP contribution in [0.1, 0.15) is 10.4 Å². The highest BCUT2D eigenvalue weighted by molar-refractivity contribution is 9.12. The molecule has 1 aromatic rings. The van der Waals surface area contributed by atoms with Gasteiger partial charge in [-0.05, 0) is 5.56 Å². The van der Waals surface area contributed by atoms with Crippen LogP contribution in [0, 0.1) is 0 Å². The summed E-state index contributed by atoms with van der Waals surface area (Å²) in [6.45, 7) is 0. The zero-order valence-electron chi connectivity index (χ0n) is 6.28. The highest BCUT2D eigenvalue weighted by Crippen LogP contribution is 2.29. The average Bonchev–Trinajstić information content (AvgIpc) is 2.17. The maximum absolute atomic E-state index is 10.4. The van der Waals surface area contributed by atoms with Crippen LogP contribution in [-0.4, -0.2) is 11.1 Å². The van der Waals surface area contributed by atoms with Gasteiger partial charge in [0.2, 0.25) is 0 Å². The number of hydrogen-bond donors (Lipinski definition) is 0. The van der Waals surface area contributed by atoms with E-state index in [1.165, 1.54) is 0 Å². The van der Waals surface area contributed by atoms with Crippen LogP contribution < -0.4 is 0 Å². The van der Waals surface area contributed by atoms with Crippen LogP contribution in [0.15, 0.2) is 30.3 Å². The molecule has 64 valence electrons. The van der Waals surface area contributed by atoms with Gasteiger partial charge in [-0.15, -0.1) is 0 Å². The maximum atomic E-state index is 10.4. The van der Waals surface area contributed by atoms with Crippen molar-refractivity contribution >= 4 is 38.1 Å². The summed E-state index contributed by atoms with van der Waals surface area (Å²) in [5.74, 6) is 0. The second-order valence-electron chi connectivity index (χ2n) is 2.39. The Morgan fingerprint density at radius 1 is 1.17 bits per heavy atom. The lowest BCUT2D eigenvalue weighted by Crippen LogP contribution is -2.06. The zero-order chi connectivity index (χ0) is 8.97. The van der Waals surface area contributed by atoms with E-state index in [0.717, 1.165) is 11.8 Å². The molecule has 0 aromatic heterocycles. The Morgan fingerprint density at radius 2 is 1.75 bits per heavy atom. The Kier molecular flexibility index (Phi) is 3.95. The largest absolute Gasteiger partial charge is 0.302 e. The second kappa shape index (κ2) is 4.77. The molecule has 0 spiro atoms. The van der Waals surface area contributed by atoms with Gasteiger partial charge in [0.25, 0.3) is 0 Å². The van der Waals surface area contributed by atoms with Crippen molar-refractivity contribution in [3.63, 3.8) is 0 Å². The fourth-order valence-electron chi connectivity index (χ4n) is 0.890. The van der Waals surface area contributed by atoms with Gasteiger partial charge in [-0.25, -0.2) is 0 Å². The third-order valence-corrected chi connectivity index (χ3v) is 4.08. The molecular weight excluding hydrogens is 284 g/mol. The molecule has 1 nitrogen and oxygen atoms in total. The highest BCUT2D eigenvalue weighted by Gasteiger charge is 2.15. The van der Waals surface area contributed by atoms with Crippen LogP contribution in [0.4, 0.5) is 0 Å². The minimum Gasteiger partial charge on any atom is -0.302 e. The molecule has 3 heteroatoms. The van der Waals surface area contributed by atoms with Crippen molar-refractivity contribution in [2.24, 2.45) is 0 Å². The predicted octanol–water partition coefficient (Wildman–Crippen LogP) is 3.09. The molecule has 1 rings (SSSR count). The van der Waals surface area contributed by atoms with Crippen LogP contribution in [0.25, 0.3) is 0 Å². The minimum absolute atomic E-state index is 0.0520. The van der Waals surface area contributed by atoms with Crippen LogP contribution >= 0.6 is 31.9 Å². The molecule has 12 heavy (non-hydrogen) atoms. The van der Waals surface area contributed by atoms with Crippen molar-refractivity contribution < 1.29 is 4.79 Å². The Bertz CT molecular complexity index is 248. The molecule has 0 radical (unpaired) electrons. The zero-order valence-corrected chi connectivity index (χ0v) is 9.45.